The summed E-state index contributed by atoms with van der Waals surface area (Å²) in [5.41, 5.74) is 0.250. The minimum Gasteiger partial charge on any atom is -0.352 e. The van der Waals surface area contributed by atoms with Gasteiger partial charge in [-0.15, -0.1) is 0 Å². The summed E-state index contributed by atoms with van der Waals surface area (Å²) < 4.78 is 11.5. The summed E-state index contributed by atoms with van der Waals surface area (Å²) in [5, 5.41) is 0. The average Bonchev–Trinajstić information content (AvgIpc) is 2.27. The second kappa shape index (κ2) is 6.49. The van der Waals surface area contributed by atoms with E-state index in [1.54, 1.807) is 0 Å². The van der Waals surface area contributed by atoms with Crippen molar-refractivity contribution in [3.63, 3.8) is 0 Å². The van der Waals surface area contributed by atoms with Crippen LogP contribution >= 0.6 is 0 Å². The van der Waals surface area contributed by atoms with E-state index >= 15 is 0 Å². The van der Waals surface area contributed by atoms with Gasteiger partial charge in [-0.3, -0.25) is 0 Å². The van der Waals surface area contributed by atoms with Crippen LogP contribution in [0.4, 0.5) is 0 Å². The molecule has 0 atom stereocenters. The van der Waals surface area contributed by atoms with Crippen molar-refractivity contribution < 1.29 is 9.47 Å². The molecule has 1 aliphatic heterocycles. The molecule has 0 aromatic rings. The Morgan fingerprint density at radius 3 is 2.27 bits per heavy atom. The van der Waals surface area contributed by atoms with Crippen LogP contribution in [0.5, 0.6) is 0 Å². The molecular formula is C13H26O2. The highest BCUT2D eigenvalue weighted by Crippen LogP contribution is 2.28. The monoisotopic (exact) mass is 214 g/mol. The van der Waals surface area contributed by atoms with Crippen molar-refractivity contribution in [2.24, 2.45) is 5.41 Å². The van der Waals surface area contributed by atoms with E-state index in [9.17, 15) is 0 Å². The van der Waals surface area contributed by atoms with Crippen LogP contribution in [0.2, 0.25) is 0 Å². The molecule has 0 radical (unpaired) electrons. The largest absolute Gasteiger partial charge is 0.352 e. The Bertz CT molecular complexity index is 160. The molecule has 0 amide bonds. The van der Waals surface area contributed by atoms with Crippen LogP contribution in [0, 0.1) is 5.41 Å². The third-order valence-corrected chi connectivity index (χ3v) is 3.38. The smallest absolute Gasteiger partial charge is 0.157 e. The van der Waals surface area contributed by atoms with Crippen molar-refractivity contribution in [2.75, 3.05) is 13.2 Å². The first kappa shape index (κ1) is 13.0. The second-order valence-corrected chi connectivity index (χ2v) is 5.07. The number of hydrogen-bond acceptors (Lipinski definition) is 2. The Hall–Kier alpha value is -0.0800. The zero-order valence-electron chi connectivity index (χ0n) is 10.6. The van der Waals surface area contributed by atoms with Crippen LogP contribution in [0.1, 0.15) is 59.3 Å². The van der Waals surface area contributed by atoms with Crippen molar-refractivity contribution in [1.82, 2.24) is 0 Å². The summed E-state index contributed by atoms with van der Waals surface area (Å²) in [6.45, 7) is 8.40. The van der Waals surface area contributed by atoms with Crippen molar-refractivity contribution in [2.45, 2.75) is 65.6 Å². The quantitative estimate of drug-likeness (QED) is 0.627. The molecule has 15 heavy (non-hydrogen) atoms. The van der Waals surface area contributed by atoms with E-state index in [1.165, 1.54) is 25.7 Å². The standard InChI is InChI=1S/C13H26O2/c1-4-6-7-8-9-12-14-10-13(3,5-2)11-15-12/h12H,4-11H2,1-3H3. The van der Waals surface area contributed by atoms with Gasteiger partial charge in [-0.2, -0.15) is 0 Å². The maximum absolute atomic E-state index is 5.74. The predicted molar refractivity (Wildman–Crippen MR) is 62.8 cm³/mol. The molecule has 1 saturated heterocycles. The number of ether oxygens (including phenoxy) is 2. The minimum absolute atomic E-state index is 0.0708. The Balaban J connectivity index is 2.09. The highest BCUT2D eigenvalue weighted by molar-refractivity contribution is 4.75. The molecule has 2 nitrogen and oxygen atoms in total. The first-order valence-electron chi connectivity index (χ1n) is 6.43. The molecule has 2 heteroatoms. The van der Waals surface area contributed by atoms with Gasteiger partial charge in [0.15, 0.2) is 6.29 Å². The summed E-state index contributed by atoms with van der Waals surface area (Å²) in [4.78, 5) is 0. The second-order valence-electron chi connectivity index (χ2n) is 5.07. The highest BCUT2D eigenvalue weighted by atomic mass is 16.7. The van der Waals surface area contributed by atoms with Crippen LogP contribution < -0.4 is 0 Å². The maximum atomic E-state index is 5.74. The van der Waals surface area contributed by atoms with Crippen LogP contribution in [0.15, 0.2) is 0 Å². The molecular weight excluding hydrogens is 188 g/mol. The van der Waals surface area contributed by atoms with Gasteiger partial charge >= 0.3 is 0 Å². The van der Waals surface area contributed by atoms with Gasteiger partial charge in [0.2, 0.25) is 0 Å². The Morgan fingerprint density at radius 2 is 1.73 bits per heavy atom. The lowest BCUT2D eigenvalue weighted by molar-refractivity contribution is -0.228. The van der Waals surface area contributed by atoms with Gasteiger partial charge < -0.3 is 9.47 Å². The van der Waals surface area contributed by atoms with E-state index in [4.69, 9.17) is 9.47 Å². The molecule has 1 heterocycles. The van der Waals surface area contributed by atoms with Crippen molar-refractivity contribution >= 4 is 0 Å². The molecule has 1 fully saturated rings. The molecule has 0 N–H and O–H groups in total. The highest BCUT2D eigenvalue weighted by Gasteiger charge is 2.30. The van der Waals surface area contributed by atoms with E-state index < -0.39 is 0 Å². The van der Waals surface area contributed by atoms with Crippen LogP contribution in [-0.2, 0) is 9.47 Å². The third-order valence-electron chi connectivity index (χ3n) is 3.38. The van der Waals surface area contributed by atoms with Crippen molar-refractivity contribution in [3.05, 3.63) is 0 Å². The first-order chi connectivity index (χ1) is 7.20. The molecule has 1 rings (SSSR count). The molecule has 0 unspecified atom stereocenters. The van der Waals surface area contributed by atoms with E-state index in [1.807, 2.05) is 0 Å². The van der Waals surface area contributed by atoms with Gasteiger partial charge in [0.05, 0.1) is 13.2 Å². The lowest BCUT2D eigenvalue weighted by Crippen LogP contribution is -2.39. The maximum Gasteiger partial charge on any atom is 0.157 e. The van der Waals surface area contributed by atoms with Gasteiger partial charge in [-0.1, -0.05) is 40.0 Å². The predicted octanol–water partition coefficient (Wildman–Crippen LogP) is 3.75. The zero-order valence-corrected chi connectivity index (χ0v) is 10.6. The molecule has 1 aliphatic rings. The van der Waals surface area contributed by atoms with Gasteiger partial charge in [0.25, 0.3) is 0 Å². The summed E-state index contributed by atoms with van der Waals surface area (Å²) in [6.07, 6.45) is 7.45. The molecule has 0 bridgehead atoms. The summed E-state index contributed by atoms with van der Waals surface area (Å²) in [5.74, 6) is 0. The molecule has 0 aromatic heterocycles. The normalized spacial score (nSPS) is 31.8. The first-order valence-corrected chi connectivity index (χ1v) is 6.43. The topological polar surface area (TPSA) is 18.5 Å². The summed E-state index contributed by atoms with van der Waals surface area (Å²) in [6, 6.07) is 0. The van der Waals surface area contributed by atoms with Crippen LogP contribution in [0.25, 0.3) is 0 Å². The van der Waals surface area contributed by atoms with E-state index in [0.717, 1.165) is 26.1 Å². The van der Waals surface area contributed by atoms with Gasteiger partial charge in [-0.05, 0) is 19.3 Å². The Morgan fingerprint density at radius 1 is 1.07 bits per heavy atom. The number of unbranched alkanes of at least 4 members (excludes halogenated alkanes) is 3. The lowest BCUT2D eigenvalue weighted by atomic mass is 9.89. The minimum atomic E-state index is 0.0708. The average molecular weight is 214 g/mol. The molecule has 0 saturated carbocycles. The summed E-state index contributed by atoms with van der Waals surface area (Å²) >= 11 is 0. The SMILES string of the molecule is CCCCCCC1OCC(C)(CC)CO1. The zero-order chi connectivity index (χ0) is 11.1. The number of hydrogen-bond donors (Lipinski definition) is 0. The van der Waals surface area contributed by atoms with Crippen LogP contribution in [-0.4, -0.2) is 19.5 Å². The Labute approximate surface area is 94.3 Å². The fraction of sp³-hybridized carbons (Fsp3) is 1.00. The molecule has 90 valence electrons. The fourth-order valence-electron chi connectivity index (χ4n) is 1.79. The third kappa shape index (κ3) is 4.52. The molecule has 0 aliphatic carbocycles. The van der Waals surface area contributed by atoms with E-state index in [2.05, 4.69) is 20.8 Å². The van der Waals surface area contributed by atoms with Crippen molar-refractivity contribution in [3.8, 4) is 0 Å². The van der Waals surface area contributed by atoms with Crippen molar-refractivity contribution in [1.29, 1.82) is 0 Å². The van der Waals surface area contributed by atoms with Gasteiger partial charge in [0.1, 0.15) is 0 Å². The Kier molecular flexibility index (Phi) is 5.62. The van der Waals surface area contributed by atoms with E-state index in [-0.39, 0.29) is 11.7 Å². The lowest BCUT2D eigenvalue weighted by Gasteiger charge is -2.36. The fourth-order valence-corrected chi connectivity index (χ4v) is 1.79. The van der Waals surface area contributed by atoms with Crippen LogP contribution in [0.3, 0.4) is 0 Å². The molecule has 0 aromatic carbocycles. The summed E-state index contributed by atoms with van der Waals surface area (Å²) in [7, 11) is 0. The molecule has 0 spiro atoms. The van der Waals surface area contributed by atoms with Gasteiger partial charge in [-0.25, -0.2) is 0 Å². The van der Waals surface area contributed by atoms with Gasteiger partial charge in [0, 0.05) is 5.41 Å². The number of rotatable bonds is 6. The van der Waals surface area contributed by atoms with E-state index in [0.29, 0.717) is 0 Å².